The van der Waals surface area contributed by atoms with Crippen LogP contribution in [0.2, 0.25) is 0 Å². The van der Waals surface area contributed by atoms with Gasteiger partial charge in [0.25, 0.3) is 0 Å². The number of rotatable bonds is 7. The Kier molecular flexibility index (Phi) is 5.95. The van der Waals surface area contributed by atoms with Gasteiger partial charge >= 0.3 is 0 Å². The molecule has 1 amide bonds. The van der Waals surface area contributed by atoms with Gasteiger partial charge in [0.2, 0.25) is 5.91 Å². The third-order valence-electron chi connectivity index (χ3n) is 3.23. The summed E-state index contributed by atoms with van der Waals surface area (Å²) in [7, 11) is 0. The summed E-state index contributed by atoms with van der Waals surface area (Å²) in [5.74, 6) is 0.576. The fraction of sp³-hybridized carbons (Fsp3) is 0.263. The molecule has 0 bridgehead atoms. The standard InChI is InChI=1S/C19H22N2O3/c1-13(2)24-18-9-7-16(8-10-18)20-12-19(23)21-17-6-4-5-15(11-17)14(3)22/h4-11,13,20H,12H2,1-3H3,(H,21,23). The van der Waals surface area contributed by atoms with Crippen LogP contribution in [0.5, 0.6) is 5.75 Å². The summed E-state index contributed by atoms with van der Waals surface area (Å²) in [4.78, 5) is 23.3. The lowest BCUT2D eigenvalue weighted by Crippen LogP contribution is -2.21. The van der Waals surface area contributed by atoms with Gasteiger partial charge in [0.15, 0.2) is 5.78 Å². The van der Waals surface area contributed by atoms with E-state index >= 15 is 0 Å². The molecule has 2 aromatic carbocycles. The number of carbonyl (C=O) groups is 2. The number of Topliss-reactive ketones (excluding diaryl/α,β-unsaturated/α-hetero) is 1. The van der Waals surface area contributed by atoms with Gasteiger partial charge in [0.1, 0.15) is 5.75 Å². The minimum atomic E-state index is -0.182. The molecule has 2 aromatic rings. The second-order valence-electron chi connectivity index (χ2n) is 5.73. The number of benzene rings is 2. The highest BCUT2D eigenvalue weighted by atomic mass is 16.5. The van der Waals surface area contributed by atoms with Crippen molar-refractivity contribution in [2.75, 3.05) is 17.2 Å². The Balaban J connectivity index is 1.87. The van der Waals surface area contributed by atoms with Crippen molar-refractivity contribution in [2.45, 2.75) is 26.9 Å². The summed E-state index contributed by atoms with van der Waals surface area (Å²) < 4.78 is 5.57. The number of amides is 1. The number of hydrogen-bond acceptors (Lipinski definition) is 4. The zero-order valence-electron chi connectivity index (χ0n) is 14.1. The Hall–Kier alpha value is -2.82. The van der Waals surface area contributed by atoms with E-state index in [4.69, 9.17) is 4.74 Å². The molecule has 5 nitrogen and oxygen atoms in total. The van der Waals surface area contributed by atoms with Gasteiger partial charge in [-0.25, -0.2) is 0 Å². The van der Waals surface area contributed by atoms with Gasteiger partial charge in [0.05, 0.1) is 12.6 Å². The number of ether oxygens (including phenoxy) is 1. The van der Waals surface area contributed by atoms with Crippen LogP contribution in [0.15, 0.2) is 48.5 Å². The first-order chi connectivity index (χ1) is 11.4. The molecule has 0 heterocycles. The summed E-state index contributed by atoms with van der Waals surface area (Å²) in [6.45, 7) is 5.57. The Morgan fingerprint density at radius 2 is 1.75 bits per heavy atom. The SMILES string of the molecule is CC(=O)c1cccc(NC(=O)CNc2ccc(OC(C)C)cc2)c1. The van der Waals surface area contributed by atoms with Crippen molar-refractivity contribution in [3.05, 3.63) is 54.1 Å². The lowest BCUT2D eigenvalue weighted by Gasteiger charge is -2.11. The van der Waals surface area contributed by atoms with Crippen LogP contribution >= 0.6 is 0 Å². The summed E-state index contributed by atoms with van der Waals surface area (Å²) in [6, 6.07) is 14.3. The molecule has 126 valence electrons. The van der Waals surface area contributed by atoms with E-state index in [1.54, 1.807) is 24.3 Å². The lowest BCUT2D eigenvalue weighted by molar-refractivity contribution is -0.114. The predicted molar refractivity (Wildman–Crippen MR) is 95.8 cm³/mol. The van der Waals surface area contributed by atoms with Crippen molar-refractivity contribution in [3.63, 3.8) is 0 Å². The highest BCUT2D eigenvalue weighted by Crippen LogP contribution is 2.17. The van der Waals surface area contributed by atoms with E-state index in [1.807, 2.05) is 38.1 Å². The van der Waals surface area contributed by atoms with Crippen molar-refractivity contribution in [2.24, 2.45) is 0 Å². The average Bonchev–Trinajstić information content (AvgIpc) is 2.54. The van der Waals surface area contributed by atoms with Gasteiger partial charge < -0.3 is 15.4 Å². The first-order valence-electron chi connectivity index (χ1n) is 7.85. The molecule has 0 radical (unpaired) electrons. The van der Waals surface area contributed by atoms with Crippen LogP contribution in [0.3, 0.4) is 0 Å². The van der Waals surface area contributed by atoms with Gasteiger partial charge in [0, 0.05) is 16.9 Å². The fourth-order valence-electron chi connectivity index (χ4n) is 2.13. The van der Waals surface area contributed by atoms with Crippen LogP contribution in [-0.2, 0) is 4.79 Å². The monoisotopic (exact) mass is 326 g/mol. The van der Waals surface area contributed by atoms with Crippen molar-refractivity contribution < 1.29 is 14.3 Å². The molecule has 0 aromatic heterocycles. The van der Waals surface area contributed by atoms with E-state index in [9.17, 15) is 9.59 Å². The predicted octanol–water partition coefficient (Wildman–Crippen LogP) is 3.73. The zero-order valence-corrected chi connectivity index (χ0v) is 14.1. The first-order valence-corrected chi connectivity index (χ1v) is 7.85. The largest absolute Gasteiger partial charge is 0.491 e. The summed E-state index contributed by atoms with van der Waals surface area (Å²) in [6.07, 6.45) is 0.125. The molecule has 2 N–H and O–H groups in total. The minimum absolute atomic E-state index is 0.0343. The second kappa shape index (κ2) is 8.15. The number of hydrogen-bond donors (Lipinski definition) is 2. The molecule has 0 aliphatic rings. The lowest BCUT2D eigenvalue weighted by atomic mass is 10.1. The smallest absolute Gasteiger partial charge is 0.243 e. The van der Waals surface area contributed by atoms with Gasteiger partial charge in [-0.3, -0.25) is 9.59 Å². The van der Waals surface area contributed by atoms with E-state index in [1.165, 1.54) is 6.92 Å². The first kappa shape index (κ1) is 17.5. The van der Waals surface area contributed by atoms with Crippen molar-refractivity contribution in [3.8, 4) is 5.75 Å². The fourth-order valence-corrected chi connectivity index (χ4v) is 2.13. The normalized spacial score (nSPS) is 10.3. The minimum Gasteiger partial charge on any atom is -0.491 e. The van der Waals surface area contributed by atoms with Crippen LogP contribution in [-0.4, -0.2) is 24.3 Å². The van der Waals surface area contributed by atoms with Crippen LogP contribution in [0, 0.1) is 0 Å². The highest BCUT2D eigenvalue weighted by molar-refractivity contribution is 5.98. The number of anilines is 2. The van der Waals surface area contributed by atoms with Gasteiger partial charge in [-0.05, 0) is 57.2 Å². The van der Waals surface area contributed by atoms with Crippen molar-refractivity contribution in [1.29, 1.82) is 0 Å². The van der Waals surface area contributed by atoms with Crippen LogP contribution in [0.4, 0.5) is 11.4 Å². The maximum Gasteiger partial charge on any atom is 0.243 e. The summed E-state index contributed by atoms with van der Waals surface area (Å²) in [5, 5.41) is 5.81. The molecule has 24 heavy (non-hydrogen) atoms. The third-order valence-corrected chi connectivity index (χ3v) is 3.23. The highest BCUT2D eigenvalue weighted by Gasteiger charge is 2.05. The van der Waals surface area contributed by atoms with Gasteiger partial charge in [-0.15, -0.1) is 0 Å². The molecule has 0 saturated heterocycles. The topological polar surface area (TPSA) is 67.4 Å². The number of nitrogens with one attached hydrogen (secondary N) is 2. The maximum absolute atomic E-state index is 12.0. The molecule has 0 spiro atoms. The average molecular weight is 326 g/mol. The van der Waals surface area contributed by atoms with Crippen LogP contribution in [0.25, 0.3) is 0 Å². The molecule has 2 rings (SSSR count). The van der Waals surface area contributed by atoms with Gasteiger partial charge in [-0.1, -0.05) is 12.1 Å². The van der Waals surface area contributed by atoms with E-state index in [0.29, 0.717) is 11.3 Å². The third kappa shape index (κ3) is 5.43. The Morgan fingerprint density at radius 1 is 1.04 bits per heavy atom. The van der Waals surface area contributed by atoms with E-state index < -0.39 is 0 Å². The molecule has 0 aliphatic carbocycles. The molecule has 0 atom stereocenters. The van der Waals surface area contributed by atoms with Crippen LogP contribution < -0.4 is 15.4 Å². The Labute approximate surface area is 142 Å². The quantitative estimate of drug-likeness (QED) is 0.761. The molecule has 0 aliphatic heterocycles. The van der Waals surface area contributed by atoms with E-state index in [2.05, 4.69) is 10.6 Å². The number of ketones is 1. The molecule has 5 heteroatoms. The molecule has 0 unspecified atom stereocenters. The van der Waals surface area contributed by atoms with E-state index in [-0.39, 0.29) is 24.3 Å². The zero-order chi connectivity index (χ0) is 17.5. The number of carbonyl (C=O) groups excluding carboxylic acids is 2. The summed E-state index contributed by atoms with van der Waals surface area (Å²) in [5.41, 5.74) is 2.01. The van der Waals surface area contributed by atoms with E-state index in [0.717, 1.165) is 11.4 Å². The molecule has 0 fully saturated rings. The summed E-state index contributed by atoms with van der Waals surface area (Å²) >= 11 is 0. The Bertz CT molecular complexity index is 709. The Morgan fingerprint density at radius 3 is 2.38 bits per heavy atom. The molecule has 0 saturated carbocycles. The van der Waals surface area contributed by atoms with Crippen LogP contribution in [0.1, 0.15) is 31.1 Å². The second-order valence-corrected chi connectivity index (χ2v) is 5.73. The maximum atomic E-state index is 12.0. The molecular weight excluding hydrogens is 304 g/mol. The van der Waals surface area contributed by atoms with Crippen molar-refractivity contribution in [1.82, 2.24) is 0 Å². The molecular formula is C19H22N2O3. The van der Waals surface area contributed by atoms with Gasteiger partial charge in [-0.2, -0.15) is 0 Å². The van der Waals surface area contributed by atoms with Crippen molar-refractivity contribution >= 4 is 23.1 Å².